The van der Waals surface area contributed by atoms with E-state index < -0.39 is 0 Å². The van der Waals surface area contributed by atoms with Crippen LogP contribution in [-0.2, 0) is 13.6 Å². The van der Waals surface area contributed by atoms with E-state index in [1.807, 2.05) is 30.9 Å². The molecule has 1 fully saturated rings. The highest BCUT2D eigenvalue weighted by Crippen LogP contribution is 2.31. The third-order valence-corrected chi connectivity index (χ3v) is 3.93. The van der Waals surface area contributed by atoms with Gasteiger partial charge in [-0.1, -0.05) is 6.92 Å². The Kier molecular flexibility index (Phi) is 4.13. The molecule has 2 amide bonds. The fraction of sp³-hybridized carbons (Fsp3) is 0.533. The maximum atomic E-state index is 12.2. The van der Waals surface area contributed by atoms with Crippen molar-refractivity contribution in [2.75, 3.05) is 5.32 Å². The number of nitrogens with one attached hydrogen (secondary N) is 2. The Labute approximate surface area is 129 Å². The zero-order valence-electron chi connectivity index (χ0n) is 13.0. The summed E-state index contributed by atoms with van der Waals surface area (Å²) in [6, 6.07) is 1.56. The van der Waals surface area contributed by atoms with Crippen molar-refractivity contribution < 1.29 is 4.79 Å². The van der Waals surface area contributed by atoms with Gasteiger partial charge in [-0.15, -0.1) is 0 Å². The highest BCUT2D eigenvalue weighted by atomic mass is 16.2. The number of hydrogen-bond donors (Lipinski definition) is 2. The molecule has 7 heteroatoms. The van der Waals surface area contributed by atoms with Crippen molar-refractivity contribution in [1.82, 2.24) is 24.9 Å². The van der Waals surface area contributed by atoms with E-state index in [4.69, 9.17) is 0 Å². The molecule has 1 aliphatic rings. The van der Waals surface area contributed by atoms with Gasteiger partial charge in [-0.2, -0.15) is 10.2 Å². The molecule has 1 saturated carbocycles. The lowest BCUT2D eigenvalue weighted by Crippen LogP contribution is -2.33. The molecule has 22 heavy (non-hydrogen) atoms. The van der Waals surface area contributed by atoms with Crippen LogP contribution < -0.4 is 10.6 Å². The zero-order chi connectivity index (χ0) is 15.5. The zero-order valence-corrected chi connectivity index (χ0v) is 13.0. The molecule has 0 spiro atoms. The lowest BCUT2D eigenvalue weighted by Gasteiger charge is -2.16. The molecule has 0 unspecified atom stereocenters. The van der Waals surface area contributed by atoms with Crippen molar-refractivity contribution in [2.45, 2.75) is 38.8 Å². The largest absolute Gasteiger partial charge is 0.331 e. The van der Waals surface area contributed by atoms with Crippen LogP contribution in [0.25, 0.3) is 0 Å². The normalized spacial score (nSPS) is 15.5. The standard InChI is InChI=1S/C15H22N6O/c1-3-13(12-8-17-20(2)10-12)18-15(22)19-14-6-7-16-21(14)9-11-4-5-11/h6-8,10-11,13H,3-5,9H2,1-2H3,(H2,18,19,22)/t13-/m1/s1. The van der Waals surface area contributed by atoms with E-state index in [0.29, 0.717) is 5.92 Å². The molecule has 2 heterocycles. The van der Waals surface area contributed by atoms with E-state index in [1.54, 1.807) is 17.1 Å². The molecule has 0 bridgehead atoms. The van der Waals surface area contributed by atoms with Crippen molar-refractivity contribution in [3.8, 4) is 0 Å². The predicted octanol–water partition coefficient (Wildman–Crippen LogP) is 2.30. The van der Waals surface area contributed by atoms with Crippen molar-refractivity contribution in [3.05, 3.63) is 30.2 Å². The molecule has 2 aromatic heterocycles. The van der Waals surface area contributed by atoms with Crippen LogP contribution >= 0.6 is 0 Å². The summed E-state index contributed by atoms with van der Waals surface area (Å²) in [4.78, 5) is 12.2. The molecule has 1 aliphatic carbocycles. The van der Waals surface area contributed by atoms with E-state index in [9.17, 15) is 4.79 Å². The van der Waals surface area contributed by atoms with E-state index in [1.165, 1.54) is 12.8 Å². The predicted molar refractivity (Wildman–Crippen MR) is 83.3 cm³/mol. The number of amides is 2. The maximum Gasteiger partial charge on any atom is 0.320 e. The summed E-state index contributed by atoms with van der Waals surface area (Å²) in [5.41, 5.74) is 1.01. The van der Waals surface area contributed by atoms with Crippen LogP contribution in [0.5, 0.6) is 0 Å². The topological polar surface area (TPSA) is 76.8 Å². The average molecular weight is 302 g/mol. The molecule has 3 rings (SSSR count). The number of rotatable bonds is 6. The molecule has 1 atom stereocenters. The smallest absolute Gasteiger partial charge is 0.320 e. The summed E-state index contributed by atoms with van der Waals surface area (Å²) in [6.45, 7) is 2.91. The minimum atomic E-state index is -0.215. The van der Waals surface area contributed by atoms with Crippen LogP contribution in [0.1, 0.15) is 37.8 Å². The Morgan fingerprint density at radius 1 is 1.45 bits per heavy atom. The van der Waals surface area contributed by atoms with Crippen molar-refractivity contribution >= 4 is 11.8 Å². The molecule has 0 aromatic carbocycles. The number of hydrogen-bond acceptors (Lipinski definition) is 3. The fourth-order valence-corrected chi connectivity index (χ4v) is 2.48. The van der Waals surface area contributed by atoms with E-state index >= 15 is 0 Å². The van der Waals surface area contributed by atoms with Crippen LogP contribution in [0, 0.1) is 5.92 Å². The molecular formula is C15H22N6O. The minimum Gasteiger partial charge on any atom is -0.331 e. The Bertz CT molecular complexity index is 642. The summed E-state index contributed by atoms with van der Waals surface area (Å²) < 4.78 is 3.60. The second kappa shape index (κ2) is 6.21. The molecule has 2 N–H and O–H groups in total. The Morgan fingerprint density at radius 3 is 2.91 bits per heavy atom. The molecule has 2 aromatic rings. The van der Waals surface area contributed by atoms with E-state index in [0.717, 1.165) is 24.3 Å². The van der Waals surface area contributed by atoms with Gasteiger partial charge in [-0.25, -0.2) is 9.48 Å². The average Bonchev–Trinajstić information content (AvgIpc) is 3.04. The summed E-state index contributed by atoms with van der Waals surface area (Å²) >= 11 is 0. The number of aromatic nitrogens is 4. The molecular weight excluding hydrogens is 280 g/mol. The summed E-state index contributed by atoms with van der Waals surface area (Å²) in [6.07, 6.45) is 8.74. The first-order valence-electron chi connectivity index (χ1n) is 7.73. The third-order valence-electron chi connectivity index (χ3n) is 3.93. The van der Waals surface area contributed by atoms with Gasteiger partial charge in [-0.05, 0) is 25.2 Å². The number of carbonyl (C=O) groups is 1. The fourth-order valence-electron chi connectivity index (χ4n) is 2.48. The van der Waals surface area contributed by atoms with Crippen LogP contribution in [-0.4, -0.2) is 25.6 Å². The first-order valence-corrected chi connectivity index (χ1v) is 7.73. The Morgan fingerprint density at radius 2 is 2.27 bits per heavy atom. The highest BCUT2D eigenvalue weighted by Gasteiger charge is 2.23. The monoisotopic (exact) mass is 302 g/mol. The van der Waals surface area contributed by atoms with Crippen LogP contribution in [0.2, 0.25) is 0 Å². The van der Waals surface area contributed by atoms with Gasteiger partial charge in [0.1, 0.15) is 5.82 Å². The SMILES string of the molecule is CC[C@@H](NC(=O)Nc1ccnn1CC1CC1)c1cnn(C)c1. The summed E-state index contributed by atoms with van der Waals surface area (Å²) in [5.74, 6) is 1.45. The van der Waals surface area contributed by atoms with Crippen molar-refractivity contribution in [1.29, 1.82) is 0 Å². The van der Waals surface area contributed by atoms with Crippen molar-refractivity contribution in [2.24, 2.45) is 13.0 Å². The Hall–Kier alpha value is -2.31. The minimum absolute atomic E-state index is 0.0477. The van der Waals surface area contributed by atoms with Crippen LogP contribution in [0.4, 0.5) is 10.6 Å². The van der Waals surface area contributed by atoms with Gasteiger partial charge < -0.3 is 5.32 Å². The van der Waals surface area contributed by atoms with Crippen LogP contribution in [0.15, 0.2) is 24.7 Å². The number of aryl methyl sites for hydroxylation is 1. The second-order valence-corrected chi connectivity index (χ2v) is 5.85. The molecule has 7 nitrogen and oxygen atoms in total. The van der Waals surface area contributed by atoms with Gasteiger partial charge in [-0.3, -0.25) is 10.00 Å². The van der Waals surface area contributed by atoms with Gasteiger partial charge >= 0.3 is 6.03 Å². The maximum absolute atomic E-state index is 12.2. The lowest BCUT2D eigenvalue weighted by molar-refractivity contribution is 0.248. The molecule has 0 aliphatic heterocycles. The van der Waals surface area contributed by atoms with E-state index in [2.05, 4.69) is 20.8 Å². The van der Waals surface area contributed by atoms with Gasteiger partial charge in [0.15, 0.2) is 0 Å². The number of nitrogens with zero attached hydrogens (tertiary/aromatic N) is 4. The first-order chi connectivity index (χ1) is 10.7. The quantitative estimate of drug-likeness (QED) is 0.859. The van der Waals surface area contributed by atoms with Gasteiger partial charge in [0, 0.05) is 31.4 Å². The summed E-state index contributed by atoms with van der Waals surface area (Å²) in [5, 5.41) is 14.3. The number of carbonyl (C=O) groups excluding carboxylic acids is 1. The third kappa shape index (κ3) is 3.47. The Balaban J connectivity index is 1.60. The van der Waals surface area contributed by atoms with Crippen molar-refractivity contribution in [3.63, 3.8) is 0 Å². The van der Waals surface area contributed by atoms with E-state index in [-0.39, 0.29) is 12.1 Å². The number of urea groups is 1. The molecule has 118 valence electrons. The highest BCUT2D eigenvalue weighted by molar-refractivity contribution is 5.88. The first kappa shape index (κ1) is 14.6. The van der Waals surface area contributed by atoms with Gasteiger partial charge in [0.25, 0.3) is 0 Å². The van der Waals surface area contributed by atoms with Gasteiger partial charge in [0.2, 0.25) is 0 Å². The van der Waals surface area contributed by atoms with Gasteiger partial charge in [0.05, 0.1) is 18.4 Å². The van der Waals surface area contributed by atoms with Crippen LogP contribution in [0.3, 0.4) is 0 Å². The summed E-state index contributed by atoms with van der Waals surface area (Å²) in [7, 11) is 1.87. The second-order valence-electron chi connectivity index (χ2n) is 5.85. The number of anilines is 1. The molecule has 0 radical (unpaired) electrons. The molecule has 0 saturated heterocycles. The lowest BCUT2D eigenvalue weighted by atomic mass is 10.1.